The third kappa shape index (κ3) is 4.39. The molecule has 0 aromatic heterocycles. The lowest BCUT2D eigenvalue weighted by Gasteiger charge is -2.13. The Hall–Kier alpha value is -0.690. The van der Waals surface area contributed by atoms with Gasteiger partial charge in [0.1, 0.15) is 5.82 Å². The lowest BCUT2D eigenvalue weighted by molar-refractivity contribution is 0.630. The first kappa shape index (κ1) is 16.7. The fourth-order valence-corrected chi connectivity index (χ4v) is 3.28. The van der Waals surface area contributed by atoms with Gasteiger partial charge in [-0.3, -0.25) is 0 Å². The van der Waals surface area contributed by atoms with E-state index in [4.69, 9.17) is 23.8 Å². The third-order valence-corrected chi connectivity index (χ3v) is 4.37. The van der Waals surface area contributed by atoms with Crippen molar-refractivity contribution in [2.45, 2.75) is 6.92 Å². The second-order valence-electron chi connectivity index (χ2n) is 4.29. The first-order chi connectivity index (χ1) is 9.86. The second-order valence-corrected chi connectivity index (χ2v) is 6.87. The molecule has 0 spiro atoms. The molecule has 0 fully saturated rings. The topological polar surface area (TPSA) is 24.1 Å². The number of hydrogen-bond acceptors (Lipinski definition) is 1. The van der Waals surface area contributed by atoms with Crippen LogP contribution in [0.1, 0.15) is 5.56 Å². The molecule has 0 atom stereocenters. The summed E-state index contributed by atoms with van der Waals surface area (Å²) >= 11 is 17.7. The van der Waals surface area contributed by atoms with Crippen LogP contribution in [0.3, 0.4) is 0 Å². The highest BCUT2D eigenvalue weighted by atomic mass is 79.9. The average molecular weight is 453 g/mol. The number of aryl methyl sites for hydroxylation is 1. The fourth-order valence-electron chi connectivity index (χ4n) is 1.61. The molecule has 0 saturated carbocycles. The first-order valence-corrected chi connectivity index (χ1v) is 8.22. The summed E-state index contributed by atoms with van der Waals surface area (Å²) < 4.78 is 15.1. The maximum atomic E-state index is 13.9. The van der Waals surface area contributed by atoms with Crippen LogP contribution in [-0.4, -0.2) is 5.11 Å². The van der Waals surface area contributed by atoms with Gasteiger partial charge in [-0.25, -0.2) is 4.39 Å². The highest BCUT2D eigenvalue weighted by Gasteiger charge is 2.10. The number of nitrogens with one attached hydrogen (secondary N) is 2. The smallest absolute Gasteiger partial charge is 0.175 e. The molecule has 0 unspecified atom stereocenters. The van der Waals surface area contributed by atoms with Gasteiger partial charge in [-0.15, -0.1) is 0 Å². The number of anilines is 2. The van der Waals surface area contributed by atoms with E-state index >= 15 is 0 Å². The molecule has 0 aliphatic carbocycles. The molecule has 2 aromatic carbocycles. The Morgan fingerprint density at radius 1 is 1.19 bits per heavy atom. The quantitative estimate of drug-likeness (QED) is 0.537. The lowest BCUT2D eigenvalue weighted by Crippen LogP contribution is -2.20. The van der Waals surface area contributed by atoms with Crippen LogP contribution in [0.15, 0.2) is 39.3 Å². The van der Waals surface area contributed by atoms with Gasteiger partial charge in [0.2, 0.25) is 0 Å². The van der Waals surface area contributed by atoms with E-state index in [0.717, 1.165) is 11.3 Å². The van der Waals surface area contributed by atoms with E-state index in [1.54, 1.807) is 12.1 Å². The number of hydrogen-bond donors (Lipinski definition) is 2. The van der Waals surface area contributed by atoms with Gasteiger partial charge in [0, 0.05) is 19.7 Å². The fraction of sp³-hybridized carbons (Fsp3) is 0.0714. The summed E-state index contributed by atoms with van der Waals surface area (Å²) in [6, 6.07) is 8.58. The van der Waals surface area contributed by atoms with Crippen LogP contribution in [-0.2, 0) is 0 Å². The average Bonchev–Trinajstić information content (AvgIpc) is 2.38. The monoisotopic (exact) mass is 450 g/mol. The molecule has 0 heterocycles. The zero-order valence-electron chi connectivity index (χ0n) is 10.8. The molecule has 110 valence electrons. The number of benzene rings is 2. The van der Waals surface area contributed by atoms with Crippen LogP contribution in [0.25, 0.3) is 0 Å². The Morgan fingerprint density at radius 2 is 1.90 bits per heavy atom. The van der Waals surface area contributed by atoms with Gasteiger partial charge in [-0.1, -0.05) is 33.6 Å². The van der Waals surface area contributed by atoms with E-state index in [0.29, 0.717) is 14.0 Å². The summed E-state index contributed by atoms with van der Waals surface area (Å²) in [5.41, 5.74) is 1.98. The van der Waals surface area contributed by atoms with Gasteiger partial charge >= 0.3 is 0 Å². The zero-order valence-corrected chi connectivity index (χ0v) is 15.6. The predicted molar refractivity (Wildman–Crippen MR) is 97.8 cm³/mol. The molecule has 0 aliphatic heterocycles. The van der Waals surface area contributed by atoms with Crippen molar-refractivity contribution in [3.8, 4) is 0 Å². The normalized spacial score (nSPS) is 10.3. The molecule has 0 amide bonds. The summed E-state index contributed by atoms with van der Waals surface area (Å²) in [4.78, 5) is 0. The van der Waals surface area contributed by atoms with E-state index in [-0.39, 0.29) is 10.8 Å². The Balaban J connectivity index is 2.13. The summed E-state index contributed by atoms with van der Waals surface area (Å²) in [5, 5.41) is 6.70. The molecule has 7 heteroatoms. The summed E-state index contributed by atoms with van der Waals surface area (Å²) in [5.74, 6) is -0.415. The Bertz CT molecular complexity index is 686. The zero-order chi connectivity index (χ0) is 15.6. The molecule has 2 N–H and O–H groups in total. The SMILES string of the molecule is Cc1ccc(NC(=S)Nc2c(F)cc(Br)cc2Br)cc1Cl. The molecule has 21 heavy (non-hydrogen) atoms. The molecule has 0 aliphatic rings. The van der Waals surface area contributed by atoms with E-state index in [2.05, 4.69) is 42.5 Å². The van der Waals surface area contributed by atoms with Crippen molar-refractivity contribution in [3.05, 3.63) is 55.7 Å². The van der Waals surface area contributed by atoms with E-state index < -0.39 is 5.82 Å². The van der Waals surface area contributed by atoms with Crippen LogP contribution in [0.5, 0.6) is 0 Å². The van der Waals surface area contributed by atoms with Crippen molar-refractivity contribution in [1.29, 1.82) is 0 Å². The maximum absolute atomic E-state index is 13.9. The minimum absolute atomic E-state index is 0.272. The molecule has 2 aromatic rings. The largest absolute Gasteiger partial charge is 0.332 e. The molecule has 2 rings (SSSR count). The van der Waals surface area contributed by atoms with Gasteiger partial charge in [-0.2, -0.15) is 0 Å². The minimum atomic E-state index is -0.415. The van der Waals surface area contributed by atoms with Crippen LogP contribution < -0.4 is 10.6 Å². The summed E-state index contributed by atoms with van der Waals surface area (Å²) in [6.45, 7) is 1.91. The predicted octanol–water partition coefficient (Wildman–Crippen LogP) is 6.12. The highest BCUT2D eigenvalue weighted by molar-refractivity contribution is 9.11. The van der Waals surface area contributed by atoms with Crippen molar-refractivity contribution in [3.63, 3.8) is 0 Å². The van der Waals surface area contributed by atoms with E-state index in [1.165, 1.54) is 6.07 Å². The molecular formula is C14H10Br2ClFN2S. The number of thiocarbonyl (C=S) groups is 1. The van der Waals surface area contributed by atoms with Crippen LogP contribution >= 0.6 is 55.7 Å². The van der Waals surface area contributed by atoms with E-state index in [1.807, 2.05) is 19.1 Å². The van der Waals surface area contributed by atoms with Crippen molar-refractivity contribution in [1.82, 2.24) is 0 Å². The second kappa shape index (κ2) is 7.05. The first-order valence-electron chi connectivity index (χ1n) is 5.85. The van der Waals surface area contributed by atoms with Crippen molar-refractivity contribution >= 4 is 72.2 Å². The molecule has 0 bridgehead atoms. The lowest BCUT2D eigenvalue weighted by atomic mass is 10.2. The number of halogens is 4. The van der Waals surface area contributed by atoms with E-state index in [9.17, 15) is 4.39 Å². The highest BCUT2D eigenvalue weighted by Crippen LogP contribution is 2.30. The summed E-state index contributed by atoms with van der Waals surface area (Å²) in [7, 11) is 0. The van der Waals surface area contributed by atoms with Gasteiger partial charge in [0.05, 0.1) is 5.69 Å². The number of rotatable bonds is 2. The summed E-state index contributed by atoms with van der Waals surface area (Å²) in [6.07, 6.45) is 0. The third-order valence-electron chi connectivity index (χ3n) is 2.68. The van der Waals surface area contributed by atoms with Crippen LogP contribution in [0, 0.1) is 12.7 Å². The molecule has 2 nitrogen and oxygen atoms in total. The molecule has 0 saturated heterocycles. The van der Waals surface area contributed by atoms with Crippen LogP contribution in [0.4, 0.5) is 15.8 Å². The standard InChI is InChI=1S/C14H10Br2ClFN2S/c1-7-2-3-9(6-11(7)17)19-14(21)20-13-10(16)4-8(15)5-12(13)18/h2-6H,1H3,(H2,19,20,21). The Kier molecular flexibility index (Phi) is 5.60. The Morgan fingerprint density at radius 3 is 2.52 bits per heavy atom. The molecule has 0 radical (unpaired) electrons. The van der Waals surface area contributed by atoms with Crippen molar-refractivity contribution in [2.75, 3.05) is 10.6 Å². The minimum Gasteiger partial charge on any atom is -0.332 e. The van der Waals surface area contributed by atoms with Gasteiger partial charge in [0.15, 0.2) is 5.11 Å². The van der Waals surface area contributed by atoms with Gasteiger partial charge in [0.25, 0.3) is 0 Å². The van der Waals surface area contributed by atoms with Crippen molar-refractivity contribution < 1.29 is 4.39 Å². The van der Waals surface area contributed by atoms with Crippen molar-refractivity contribution in [2.24, 2.45) is 0 Å². The van der Waals surface area contributed by atoms with Crippen LogP contribution in [0.2, 0.25) is 5.02 Å². The molecular weight excluding hydrogens is 442 g/mol. The van der Waals surface area contributed by atoms with Gasteiger partial charge < -0.3 is 10.6 Å². The Labute approximate surface area is 149 Å². The van der Waals surface area contributed by atoms with Gasteiger partial charge in [-0.05, 0) is 64.9 Å². The maximum Gasteiger partial charge on any atom is 0.175 e.